The lowest BCUT2D eigenvalue weighted by Crippen LogP contribution is -2.16. The van der Waals surface area contributed by atoms with Gasteiger partial charge in [-0.3, -0.25) is 4.79 Å². The number of anilines is 1. The highest BCUT2D eigenvalue weighted by Gasteiger charge is 2.21. The van der Waals surface area contributed by atoms with Gasteiger partial charge in [-0.25, -0.2) is 4.98 Å². The lowest BCUT2D eigenvalue weighted by molar-refractivity contribution is 0.0972. The van der Waals surface area contributed by atoms with Crippen LogP contribution in [-0.4, -0.2) is 21.9 Å². The number of hydrogen-bond acceptors (Lipinski definition) is 4. The SMILES string of the molecule is CC(CCn1ccnc1)COc1ccc2c(c1N)CCCC2=O. The van der Waals surface area contributed by atoms with Gasteiger partial charge < -0.3 is 15.0 Å². The van der Waals surface area contributed by atoms with Gasteiger partial charge in [0, 0.05) is 30.9 Å². The van der Waals surface area contributed by atoms with E-state index in [2.05, 4.69) is 16.5 Å². The normalized spacial score (nSPS) is 15.3. The van der Waals surface area contributed by atoms with Gasteiger partial charge in [0.25, 0.3) is 0 Å². The molecule has 122 valence electrons. The largest absolute Gasteiger partial charge is 0.491 e. The first-order chi connectivity index (χ1) is 11.1. The number of imidazole rings is 1. The molecule has 1 aromatic heterocycles. The molecular formula is C18H23N3O2. The summed E-state index contributed by atoms with van der Waals surface area (Å²) in [4.78, 5) is 15.9. The molecule has 2 N–H and O–H groups in total. The zero-order valence-corrected chi connectivity index (χ0v) is 13.5. The number of ether oxygens (including phenoxy) is 1. The molecule has 3 rings (SSSR count). The number of hydrogen-bond donors (Lipinski definition) is 1. The monoisotopic (exact) mass is 313 g/mol. The molecule has 0 saturated heterocycles. The maximum absolute atomic E-state index is 11.9. The van der Waals surface area contributed by atoms with Crippen LogP contribution in [-0.2, 0) is 13.0 Å². The van der Waals surface area contributed by atoms with Gasteiger partial charge in [0.2, 0.25) is 0 Å². The van der Waals surface area contributed by atoms with Crippen molar-refractivity contribution in [2.24, 2.45) is 5.92 Å². The van der Waals surface area contributed by atoms with Gasteiger partial charge in [0.05, 0.1) is 18.6 Å². The third kappa shape index (κ3) is 3.55. The molecule has 0 saturated carbocycles. The summed E-state index contributed by atoms with van der Waals surface area (Å²) in [7, 11) is 0. The summed E-state index contributed by atoms with van der Waals surface area (Å²) < 4.78 is 7.97. The molecule has 0 fully saturated rings. The van der Waals surface area contributed by atoms with Crippen LogP contribution in [0.5, 0.6) is 5.75 Å². The predicted molar refractivity (Wildman–Crippen MR) is 89.6 cm³/mol. The van der Waals surface area contributed by atoms with E-state index in [0.29, 0.717) is 30.4 Å². The minimum absolute atomic E-state index is 0.193. The lowest BCUT2D eigenvalue weighted by atomic mass is 9.89. The van der Waals surface area contributed by atoms with Gasteiger partial charge in [0.1, 0.15) is 5.75 Å². The Morgan fingerprint density at radius 2 is 2.26 bits per heavy atom. The Labute approximate surface area is 136 Å². The summed E-state index contributed by atoms with van der Waals surface area (Å²) in [6.07, 6.45) is 8.95. The maximum atomic E-state index is 11.9. The molecule has 1 atom stereocenters. The minimum Gasteiger partial charge on any atom is -0.491 e. The summed E-state index contributed by atoms with van der Waals surface area (Å²) in [5.41, 5.74) is 8.59. The zero-order chi connectivity index (χ0) is 16.2. The van der Waals surface area contributed by atoms with E-state index < -0.39 is 0 Å². The number of nitrogen functional groups attached to an aromatic ring is 1. The molecule has 0 spiro atoms. The summed E-state index contributed by atoms with van der Waals surface area (Å²) in [6, 6.07) is 3.69. The smallest absolute Gasteiger partial charge is 0.163 e. The van der Waals surface area contributed by atoms with Crippen molar-refractivity contribution >= 4 is 11.5 Å². The van der Waals surface area contributed by atoms with Gasteiger partial charge in [-0.2, -0.15) is 0 Å². The number of ketones is 1. The van der Waals surface area contributed by atoms with E-state index in [1.165, 1.54) is 0 Å². The van der Waals surface area contributed by atoms with Crippen molar-refractivity contribution in [2.45, 2.75) is 39.2 Å². The molecule has 5 nitrogen and oxygen atoms in total. The first-order valence-corrected chi connectivity index (χ1v) is 8.18. The van der Waals surface area contributed by atoms with Crippen molar-refractivity contribution in [3.63, 3.8) is 0 Å². The summed E-state index contributed by atoms with van der Waals surface area (Å²) >= 11 is 0. The molecule has 0 bridgehead atoms. The fraction of sp³-hybridized carbons (Fsp3) is 0.444. The van der Waals surface area contributed by atoms with Crippen LogP contribution in [0.3, 0.4) is 0 Å². The number of benzene rings is 1. The Morgan fingerprint density at radius 3 is 3.04 bits per heavy atom. The van der Waals surface area contributed by atoms with Crippen molar-refractivity contribution < 1.29 is 9.53 Å². The van der Waals surface area contributed by atoms with Crippen molar-refractivity contribution in [3.8, 4) is 5.75 Å². The van der Waals surface area contributed by atoms with Crippen LogP contribution >= 0.6 is 0 Å². The summed E-state index contributed by atoms with van der Waals surface area (Å²) in [5, 5.41) is 0. The summed E-state index contributed by atoms with van der Waals surface area (Å²) in [6.45, 7) is 3.71. The molecule has 2 aromatic rings. The number of Topliss-reactive ketones (excluding diaryl/α,β-unsaturated/α-hetero) is 1. The first-order valence-electron chi connectivity index (χ1n) is 8.18. The molecule has 0 aliphatic heterocycles. The van der Waals surface area contributed by atoms with Gasteiger partial charge >= 0.3 is 0 Å². The maximum Gasteiger partial charge on any atom is 0.163 e. The third-order valence-corrected chi connectivity index (χ3v) is 4.41. The van der Waals surface area contributed by atoms with E-state index in [1.54, 1.807) is 6.20 Å². The Bertz CT molecular complexity index is 680. The molecule has 0 amide bonds. The van der Waals surface area contributed by atoms with E-state index >= 15 is 0 Å². The second kappa shape index (κ2) is 6.86. The molecule has 1 heterocycles. The fourth-order valence-corrected chi connectivity index (χ4v) is 2.96. The third-order valence-electron chi connectivity index (χ3n) is 4.41. The van der Waals surface area contributed by atoms with Crippen LogP contribution in [0.1, 0.15) is 42.1 Å². The Hall–Kier alpha value is -2.30. The first kappa shape index (κ1) is 15.6. The van der Waals surface area contributed by atoms with Gasteiger partial charge in [0.15, 0.2) is 5.78 Å². The van der Waals surface area contributed by atoms with Crippen LogP contribution in [0.2, 0.25) is 0 Å². The highest BCUT2D eigenvalue weighted by Crippen LogP contribution is 2.33. The second-order valence-electron chi connectivity index (χ2n) is 6.29. The van der Waals surface area contributed by atoms with Crippen molar-refractivity contribution in [2.75, 3.05) is 12.3 Å². The average molecular weight is 313 g/mol. The van der Waals surface area contributed by atoms with Gasteiger partial charge in [-0.15, -0.1) is 0 Å². The molecular weight excluding hydrogens is 290 g/mol. The number of rotatable bonds is 6. The Balaban J connectivity index is 1.59. The number of fused-ring (bicyclic) bond motifs is 1. The highest BCUT2D eigenvalue weighted by molar-refractivity contribution is 6.00. The minimum atomic E-state index is 0.193. The van der Waals surface area contributed by atoms with Crippen LogP contribution < -0.4 is 10.5 Å². The van der Waals surface area contributed by atoms with Gasteiger partial charge in [-0.05, 0) is 42.9 Å². The number of nitrogens with two attached hydrogens (primary N) is 1. The van der Waals surface area contributed by atoms with E-state index in [1.807, 2.05) is 24.7 Å². The van der Waals surface area contributed by atoms with E-state index in [-0.39, 0.29) is 5.78 Å². The van der Waals surface area contributed by atoms with Crippen molar-refractivity contribution in [1.29, 1.82) is 0 Å². The second-order valence-corrected chi connectivity index (χ2v) is 6.29. The van der Waals surface area contributed by atoms with E-state index in [4.69, 9.17) is 10.5 Å². The van der Waals surface area contributed by atoms with Crippen LogP contribution in [0, 0.1) is 5.92 Å². The van der Waals surface area contributed by atoms with Crippen LogP contribution in [0.15, 0.2) is 30.9 Å². The highest BCUT2D eigenvalue weighted by atomic mass is 16.5. The van der Waals surface area contributed by atoms with Crippen molar-refractivity contribution in [3.05, 3.63) is 42.0 Å². The molecule has 23 heavy (non-hydrogen) atoms. The van der Waals surface area contributed by atoms with Crippen molar-refractivity contribution in [1.82, 2.24) is 9.55 Å². The lowest BCUT2D eigenvalue weighted by Gasteiger charge is -2.20. The van der Waals surface area contributed by atoms with E-state index in [0.717, 1.165) is 36.9 Å². The topological polar surface area (TPSA) is 70.1 Å². The number of nitrogens with zero attached hydrogens (tertiary/aromatic N) is 2. The zero-order valence-electron chi connectivity index (χ0n) is 13.5. The number of carbonyl (C=O) groups excluding carboxylic acids is 1. The van der Waals surface area contributed by atoms with Crippen LogP contribution in [0.4, 0.5) is 5.69 Å². The Morgan fingerprint density at radius 1 is 1.39 bits per heavy atom. The number of aryl methyl sites for hydroxylation is 1. The van der Waals surface area contributed by atoms with E-state index in [9.17, 15) is 4.79 Å². The Kier molecular flexibility index (Phi) is 4.65. The van der Waals surface area contributed by atoms with Gasteiger partial charge in [-0.1, -0.05) is 6.92 Å². The molecule has 1 unspecified atom stereocenters. The molecule has 1 aromatic carbocycles. The number of carbonyl (C=O) groups is 1. The molecule has 1 aliphatic rings. The number of aromatic nitrogens is 2. The fourth-order valence-electron chi connectivity index (χ4n) is 2.96. The standard InChI is InChI=1S/C18H23N3O2/c1-13(7-9-21-10-8-20-12-21)11-23-17-6-5-14-15(18(17)19)3-2-4-16(14)22/h5-6,8,10,12-13H,2-4,7,9,11,19H2,1H3. The summed E-state index contributed by atoms with van der Waals surface area (Å²) in [5.74, 6) is 1.31. The predicted octanol–water partition coefficient (Wildman–Crippen LogP) is 3.09. The quantitative estimate of drug-likeness (QED) is 0.832. The molecule has 0 radical (unpaired) electrons. The molecule has 5 heteroatoms. The average Bonchev–Trinajstić information content (AvgIpc) is 3.06. The molecule has 1 aliphatic carbocycles. The van der Waals surface area contributed by atoms with Crippen LogP contribution in [0.25, 0.3) is 0 Å².